The number of aromatic amines is 1. The molecule has 0 aliphatic carbocycles. The quantitative estimate of drug-likeness (QED) is 0.196. The SMILES string of the molecule is COc1cc(N2CCC(CN3CCN(c4ccc(C(=O)N[C@@H]5CCC(=O)NC5=O)nc4)CC3)CC2)ccc1[C@@H]1c2[nH]c3ccccc3c2C[C@@H](C)N1CC(F)F. The molecule has 4 aliphatic rings. The van der Waals surface area contributed by atoms with Gasteiger partial charge < -0.3 is 24.8 Å². The second-order valence-electron chi connectivity index (χ2n) is 15.6. The van der Waals surface area contributed by atoms with Crippen LogP contribution in [0.2, 0.25) is 0 Å². The van der Waals surface area contributed by atoms with E-state index >= 15 is 0 Å². The molecule has 0 saturated carbocycles. The third-order valence-electron chi connectivity index (χ3n) is 12.1. The molecule has 3 fully saturated rings. The van der Waals surface area contributed by atoms with Gasteiger partial charge in [-0.2, -0.15) is 0 Å². The first-order valence-electron chi connectivity index (χ1n) is 19.8. The van der Waals surface area contributed by atoms with Crippen LogP contribution in [0.4, 0.5) is 20.2 Å². The van der Waals surface area contributed by atoms with Crippen LogP contribution >= 0.6 is 0 Å². The number of pyridine rings is 1. The standard InChI is InChI=1S/C42H50F2N8O4/c1-26-21-32-30-5-3-4-6-33(30)46-39(32)40(52(26)25-37(43)44)31-9-7-28(22-36(31)56-2)50-15-13-27(14-16-50)24-49-17-19-51(20-18-49)29-8-10-34(45-23-29)41(54)47-35-11-12-38(53)48-42(35)55/h3-10,22-23,26-27,35,37,40,46H,11-21,24-25H2,1-2H3,(H,47,54)(H,48,53,55)/t26-,35-,40-/m1/s1. The zero-order valence-electron chi connectivity index (χ0n) is 32.0. The number of hydrogen-bond acceptors (Lipinski definition) is 9. The lowest BCUT2D eigenvalue weighted by Crippen LogP contribution is -2.52. The number of ether oxygens (including phenoxy) is 1. The molecule has 8 rings (SSSR count). The van der Waals surface area contributed by atoms with E-state index in [4.69, 9.17) is 4.74 Å². The molecule has 2 aromatic carbocycles. The van der Waals surface area contributed by atoms with Gasteiger partial charge in [-0.1, -0.05) is 24.3 Å². The van der Waals surface area contributed by atoms with E-state index in [1.54, 1.807) is 19.4 Å². The summed E-state index contributed by atoms with van der Waals surface area (Å²) in [4.78, 5) is 53.2. The van der Waals surface area contributed by atoms with Crippen molar-refractivity contribution >= 4 is 40.0 Å². The van der Waals surface area contributed by atoms with Crippen molar-refractivity contribution in [3.8, 4) is 5.75 Å². The molecule has 3 amide bonds. The van der Waals surface area contributed by atoms with Crippen LogP contribution in [0.3, 0.4) is 0 Å². The number of H-pyrrole nitrogens is 1. The zero-order valence-corrected chi connectivity index (χ0v) is 32.0. The van der Waals surface area contributed by atoms with Gasteiger partial charge in [0.2, 0.25) is 11.8 Å². The summed E-state index contributed by atoms with van der Waals surface area (Å²) in [6, 6.07) is 16.9. The van der Waals surface area contributed by atoms with Crippen LogP contribution in [0, 0.1) is 5.92 Å². The number of benzene rings is 2. The number of amides is 3. The Hall–Kier alpha value is -5.08. The monoisotopic (exact) mass is 768 g/mol. The first kappa shape index (κ1) is 37.8. The number of carbonyl (C=O) groups excluding carboxylic acids is 3. The molecule has 4 aliphatic heterocycles. The summed E-state index contributed by atoms with van der Waals surface area (Å²) >= 11 is 0. The number of nitrogens with zero attached hydrogens (tertiary/aromatic N) is 5. The van der Waals surface area contributed by atoms with Crippen LogP contribution in [0.1, 0.15) is 66.0 Å². The Labute approximate surface area is 325 Å². The average molecular weight is 769 g/mol. The normalized spacial score (nSPS) is 22.7. The second kappa shape index (κ2) is 16.2. The molecule has 56 heavy (non-hydrogen) atoms. The van der Waals surface area contributed by atoms with Gasteiger partial charge in [0.25, 0.3) is 12.3 Å². The zero-order chi connectivity index (χ0) is 38.9. The van der Waals surface area contributed by atoms with Crippen LogP contribution in [-0.2, 0) is 16.0 Å². The lowest BCUT2D eigenvalue weighted by molar-refractivity contribution is -0.134. The van der Waals surface area contributed by atoms with Gasteiger partial charge in [-0.05, 0) is 68.4 Å². The topological polar surface area (TPSA) is 126 Å². The van der Waals surface area contributed by atoms with Crippen molar-refractivity contribution in [1.82, 2.24) is 30.4 Å². The van der Waals surface area contributed by atoms with Crippen molar-refractivity contribution < 1.29 is 27.9 Å². The third kappa shape index (κ3) is 7.81. The van der Waals surface area contributed by atoms with Gasteiger partial charge in [-0.15, -0.1) is 0 Å². The molecule has 0 unspecified atom stereocenters. The van der Waals surface area contributed by atoms with E-state index in [-0.39, 0.29) is 43.1 Å². The van der Waals surface area contributed by atoms with Gasteiger partial charge in [0, 0.05) is 92.2 Å². The fourth-order valence-corrected chi connectivity index (χ4v) is 9.11. The average Bonchev–Trinajstić information content (AvgIpc) is 3.57. The Balaban J connectivity index is 0.855. The second-order valence-corrected chi connectivity index (χ2v) is 15.6. The van der Waals surface area contributed by atoms with Gasteiger partial charge in [-0.3, -0.25) is 29.5 Å². The summed E-state index contributed by atoms with van der Waals surface area (Å²) in [7, 11) is 1.67. The van der Waals surface area contributed by atoms with Crippen LogP contribution in [-0.4, -0.2) is 115 Å². The Morgan fingerprint density at radius 3 is 2.43 bits per heavy atom. The first-order valence-corrected chi connectivity index (χ1v) is 19.8. The van der Waals surface area contributed by atoms with Gasteiger partial charge in [-0.25, -0.2) is 13.8 Å². The number of carbonyl (C=O) groups is 3. The van der Waals surface area contributed by atoms with E-state index in [9.17, 15) is 23.2 Å². The maximum Gasteiger partial charge on any atom is 0.270 e. The molecule has 3 N–H and O–H groups in total. The number of anilines is 2. The molecule has 3 atom stereocenters. The van der Waals surface area contributed by atoms with Crippen molar-refractivity contribution in [2.45, 2.75) is 63.6 Å². The maximum atomic E-state index is 14.0. The summed E-state index contributed by atoms with van der Waals surface area (Å²) in [6.45, 7) is 8.27. The molecular weight excluding hydrogens is 719 g/mol. The van der Waals surface area contributed by atoms with E-state index < -0.39 is 24.3 Å². The third-order valence-corrected chi connectivity index (χ3v) is 12.1. The molecule has 0 radical (unpaired) electrons. The van der Waals surface area contributed by atoms with Crippen molar-refractivity contribution in [1.29, 1.82) is 0 Å². The van der Waals surface area contributed by atoms with Crippen molar-refractivity contribution in [2.24, 2.45) is 5.92 Å². The Morgan fingerprint density at radius 1 is 0.964 bits per heavy atom. The highest BCUT2D eigenvalue weighted by Gasteiger charge is 2.39. The lowest BCUT2D eigenvalue weighted by atomic mass is 9.88. The first-order chi connectivity index (χ1) is 27.1. The minimum Gasteiger partial charge on any atom is -0.496 e. The number of hydrogen-bond donors (Lipinski definition) is 3. The Kier molecular flexibility index (Phi) is 10.9. The molecule has 3 saturated heterocycles. The summed E-state index contributed by atoms with van der Waals surface area (Å²) in [5.74, 6) is 0.0603. The van der Waals surface area contributed by atoms with Gasteiger partial charge >= 0.3 is 0 Å². The fourth-order valence-electron chi connectivity index (χ4n) is 9.11. The minimum absolute atomic E-state index is 0.0645. The highest BCUT2D eigenvalue weighted by atomic mass is 19.3. The summed E-state index contributed by atoms with van der Waals surface area (Å²) in [6.07, 6.45) is 2.60. The van der Waals surface area contributed by atoms with Gasteiger partial charge in [0.1, 0.15) is 17.5 Å². The summed E-state index contributed by atoms with van der Waals surface area (Å²) in [5, 5.41) is 6.08. The number of methoxy groups -OCH3 is 1. The van der Waals surface area contributed by atoms with Crippen molar-refractivity contribution in [3.63, 3.8) is 0 Å². The van der Waals surface area contributed by atoms with E-state index in [0.717, 1.165) is 92.2 Å². The summed E-state index contributed by atoms with van der Waals surface area (Å²) < 4.78 is 34.0. The van der Waals surface area contributed by atoms with Gasteiger partial charge in [0.05, 0.1) is 31.6 Å². The largest absolute Gasteiger partial charge is 0.496 e. The molecule has 6 heterocycles. The number of piperazine rings is 1. The van der Waals surface area contributed by atoms with Crippen LogP contribution in [0.15, 0.2) is 60.8 Å². The Bertz CT molecular complexity index is 2060. The highest BCUT2D eigenvalue weighted by molar-refractivity contribution is 6.03. The predicted octanol–water partition coefficient (Wildman–Crippen LogP) is 4.75. The van der Waals surface area contributed by atoms with E-state index in [2.05, 4.69) is 65.6 Å². The van der Waals surface area contributed by atoms with Gasteiger partial charge in [0.15, 0.2) is 0 Å². The molecule has 0 bridgehead atoms. The van der Waals surface area contributed by atoms with E-state index in [0.29, 0.717) is 18.1 Å². The Morgan fingerprint density at radius 2 is 1.71 bits per heavy atom. The van der Waals surface area contributed by atoms with Crippen LogP contribution < -0.4 is 25.2 Å². The number of imide groups is 1. The number of alkyl halides is 2. The summed E-state index contributed by atoms with van der Waals surface area (Å²) in [5.41, 5.74) is 6.37. The number of nitrogens with one attached hydrogen (secondary N) is 3. The number of halogens is 2. The molecule has 0 spiro atoms. The molecule has 2 aromatic heterocycles. The molecule has 4 aromatic rings. The number of aromatic nitrogens is 2. The minimum atomic E-state index is -2.45. The lowest BCUT2D eigenvalue weighted by Gasteiger charge is -2.41. The predicted molar refractivity (Wildman–Crippen MR) is 210 cm³/mol. The van der Waals surface area contributed by atoms with E-state index in [1.165, 1.54) is 5.56 Å². The molecular formula is C42H50F2N8O4. The number of fused-ring (bicyclic) bond motifs is 3. The molecule has 14 heteroatoms. The highest BCUT2D eigenvalue weighted by Crippen LogP contribution is 2.44. The smallest absolute Gasteiger partial charge is 0.270 e. The van der Waals surface area contributed by atoms with Crippen molar-refractivity contribution in [3.05, 3.63) is 83.3 Å². The van der Waals surface area contributed by atoms with Crippen LogP contribution in [0.5, 0.6) is 5.75 Å². The maximum absolute atomic E-state index is 14.0. The number of para-hydroxylation sites is 1. The molecule has 12 nitrogen and oxygen atoms in total. The number of piperidine rings is 2. The fraction of sp³-hybridized carbons (Fsp3) is 0.476. The number of rotatable bonds is 10. The van der Waals surface area contributed by atoms with Crippen molar-refractivity contribution in [2.75, 3.05) is 69.3 Å². The van der Waals surface area contributed by atoms with E-state index in [1.807, 2.05) is 30.0 Å². The molecule has 296 valence electrons. The van der Waals surface area contributed by atoms with Crippen LogP contribution in [0.25, 0.3) is 10.9 Å².